The van der Waals surface area contributed by atoms with Gasteiger partial charge in [0.05, 0.1) is 22.3 Å². The van der Waals surface area contributed by atoms with E-state index in [2.05, 4.69) is 0 Å². The fourth-order valence-corrected chi connectivity index (χ4v) is 4.34. The first-order chi connectivity index (χ1) is 15.5. The predicted octanol–water partition coefficient (Wildman–Crippen LogP) is 4.30. The Morgan fingerprint density at radius 2 is 1.59 bits per heavy atom. The summed E-state index contributed by atoms with van der Waals surface area (Å²) in [5, 5.41) is 13.2. The largest absolute Gasteiger partial charge is 0.273 e. The number of carbonyl (C=O) groups excluding carboxylic acids is 2. The summed E-state index contributed by atoms with van der Waals surface area (Å²) in [6.07, 6.45) is -1.05. The van der Waals surface area contributed by atoms with Gasteiger partial charge >= 0.3 is 0 Å². The van der Waals surface area contributed by atoms with Crippen LogP contribution in [0.4, 0.5) is 17.1 Å². The van der Waals surface area contributed by atoms with E-state index in [-0.39, 0.29) is 5.69 Å². The molecular formula is C23H16ClN3O5. The van der Waals surface area contributed by atoms with Crippen LogP contribution in [0.15, 0.2) is 78.9 Å². The van der Waals surface area contributed by atoms with Crippen molar-refractivity contribution in [2.45, 2.75) is 12.1 Å². The molecule has 0 aromatic heterocycles. The number of benzene rings is 3. The van der Waals surface area contributed by atoms with Crippen molar-refractivity contribution in [1.82, 2.24) is 0 Å². The lowest BCUT2D eigenvalue weighted by Gasteiger charge is -2.28. The summed E-state index contributed by atoms with van der Waals surface area (Å²) < 4.78 is 0. The first-order valence-electron chi connectivity index (χ1n) is 9.84. The molecule has 0 aliphatic carbocycles. The number of halogens is 1. The Balaban J connectivity index is 1.58. The zero-order valence-corrected chi connectivity index (χ0v) is 17.3. The van der Waals surface area contributed by atoms with Gasteiger partial charge in [0.15, 0.2) is 6.10 Å². The van der Waals surface area contributed by atoms with Gasteiger partial charge in [0, 0.05) is 17.2 Å². The highest BCUT2D eigenvalue weighted by molar-refractivity contribution is 6.31. The molecule has 2 fully saturated rings. The van der Waals surface area contributed by atoms with Gasteiger partial charge in [-0.25, -0.2) is 9.96 Å². The van der Waals surface area contributed by atoms with E-state index in [0.29, 0.717) is 16.4 Å². The molecule has 0 radical (unpaired) electrons. The third-order valence-corrected chi connectivity index (χ3v) is 5.89. The number of carbonyl (C=O) groups is 2. The van der Waals surface area contributed by atoms with Crippen molar-refractivity contribution in [3.63, 3.8) is 0 Å². The van der Waals surface area contributed by atoms with Gasteiger partial charge in [-0.15, -0.1) is 0 Å². The molecular weight excluding hydrogens is 434 g/mol. The summed E-state index contributed by atoms with van der Waals surface area (Å²) >= 11 is 5.94. The average molecular weight is 450 g/mol. The molecule has 9 heteroatoms. The topological polar surface area (TPSA) is 93.0 Å². The van der Waals surface area contributed by atoms with Crippen molar-refractivity contribution in [1.29, 1.82) is 0 Å². The lowest BCUT2D eigenvalue weighted by molar-refractivity contribution is -0.384. The van der Waals surface area contributed by atoms with Crippen molar-refractivity contribution in [2.24, 2.45) is 5.92 Å². The highest BCUT2D eigenvalue weighted by Crippen LogP contribution is 2.47. The van der Waals surface area contributed by atoms with Crippen LogP contribution in [0.2, 0.25) is 5.02 Å². The van der Waals surface area contributed by atoms with Crippen LogP contribution in [0.5, 0.6) is 0 Å². The SMILES string of the molecule is O=C1[C@H]2[C@@H](c3ccccc3)N(c3cccc([N+](=O)[O-])c3)O[C@H]2C(=O)N1c1ccc(Cl)cc1. The van der Waals surface area contributed by atoms with Crippen LogP contribution in [-0.2, 0) is 14.4 Å². The molecule has 0 bridgehead atoms. The van der Waals surface area contributed by atoms with Crippen molar-refractivity contribution < 1.29 is 19.3 Å². The van der Waals surface area contributed by atoms with Crippen LogP contribution >= 0.6 is 11.6 Å². The second kappa shape index (κ2) is 7.74. The number of imide groups is 1. The molecule has 0 N–H and O–H groups in total. The first kappa shape index (κ1) is 20.2. The number of fused-ring (bicyclic) bond motifs is 1. The van der Waals surface area contributed by atoms with Gasteiger partial charge in [-0.05, 0) is 35.9 Å². The number of anilines is 2. The molecule has 5 rings (SSSR count). The zero-order chi connectivity index (χ0) is 22.4. The smallest absolute Gasteiger partial charge is 0.271 e. The molecule has 160 valence electrons. The van der Waals surface area contributed by atoms with Crippen LogP contribution in [0.25, 0.3) is 0 Å². The third kappa shape index (κ3) is 3.21. The lowest BCUT2D eigenvalue weighted by atomic mass is 9.90. The quantitative estimate of drug-likeness (QED) is 0.335. The van der Waals surface area contributed by atoms with E-state index in [1.807, 2.05) is 30.3 Å². The van der Waals surface area contributed by atoms with Gasteiger partial charge in [-0.3, -0.25) is 24.5 Å². The van der Waals surface area contributed by atoms with E-state index >= 15 is 0 Å². The van der Waals surface area contributed by atoms with Crippen molar-refractivity contribution in [2.75, 3.05) is 9.96 Å². The number of nitro benzene ring substituents is 1. The summed E-state index contributed by atoms with van der Waals surface area (Å²) in [7, 11) is 0. The number of nitro groups is 1. The number of nitrogens with zero attached hydrogens (tertiary/aromatic N) is 3. The maximum atomic E-state index is 13.5. The lowest BCUT2D eigenvalue weighted by Crippen LogP contribution is -2.37. The zero-order valence-electron chi connectivity index (χ0n) is 16.5. The van der Waals surface area contributed by atoms with Crippen molar-refractivity contribution in [3.8, 4) is 0 Å². The van der Waals surface area contributed by atoms with E-state index in [9.17, 15) is 19.7 Å². The highest BCUT2D eigenvalue weighted by Gasteiger charge is 2.60. The van der Waals surface area contributed by atoms with Gasteiger partial charge in [0.25, 0.3) is 11.6 Å². The van der Waals surface area contributed by atoms with Gasteiger partial charge in [-0.2, -0.15) is 0 Å². The summed E-state index contributed by atoms with van der Waals surface area (Å²) in [5.41, 5.74) is 1.44. The van der Waals surface area contributed by atoms with E-state index < -0.39 is 34.8 Å². The predicted molar refractivity (Wildman–Crippen MR) is 117 cm³/mol. The molecule has 0 spiro atoms. The molecule has 2 amide bonds. The monoisotopic (exact) mass is 449 g/mol. The van der Waals surface area contributed by atoms with Crippen LogP contribution in [0, 0.1) is 16.0 Å². The standard InChI is InChI=1S/C23H16ClN3O5/c24-15-9-11-16(12-10-15)25-22(28)19-20(14-5-2-1-3-6-14)26(32-21(19)23(25)29)17-7-4-8-18(13-17)27(30)31/h1-13,19-21H/t19-,20+,21+/m0/s1. The Bertz CT molecular complexity index is 1220. The molecule has 2 aliphatic rings. The first-order valence-corrected chi connectivity index (χ1v) is 10.2. The second-order valence-electron chi connectivity index (χ2n) is 7.50. The summed E-state index contributed by atoms with van der Waals surface area (Å²) in [6, 6.07) is 20.9. The second-order valence-corrected chi connectivity index (χ2v) is 7.93. The number of hydrogen-bond donors (Lipinski definition) is 0. The number of amides is 2. The maximum Gasteiger partial charge on any atom is 0.271 e. The number of hydrogen-bond acceptors (Lipinski definition) is 6. The molecule has 3 aromatic rings. The third-order valence-electron chi connectivity index (χ3n) is 5.64. The van der Waals surface area contributed by atoms with E-state index in [1.165, 1.54) is 23.3 Å². The highest BCUT2D eigenvalue weighted by atomic mass is 35.5. The molecule has 2 saturated heterocycles. The van der Waals surface area contributed by atoms with Crippen molar-refractivity contribution in [3.05, 3.63) is 99.6 Å². The minimum atomic E-state index is -1.05. The summed E-state index contributed by atoms with van der Waals surface area (Å²) in [4.78, 5) is 44.6. The molecule has 3 aromatic carbocycles. The van der Waals surface area contributed by atoms with Gasteiger partial charge in [-0.1, -0.05) is 48.0 Å². The van der Waals surface area contributed by atoms with Crippen LogP contribution in [0.3, 0.4) is 0 Å². The summed E-state index contributed by atoms with van der Waals surface area (Å²) in [5.74, 6) is -1.71. The Morgan fingerprint density at radius 3 is 2.28 bits per heavy atom. The number of rotatable bonds is 4. The fraction of sp³-hybridized carbons (Fsp3) is 0.130. The van der Waals surface area contributed by atoms with E-state index in [0.717, 1.165) is 10.5 Å². The Hall–Kier alpha value is -3.75. The maximum absolute atomic E-state index is 13.5. The number of hydroxylamine groups is 1. The molecule has 32 heavy (non-hydrogen) atoms. The van der Waals surface area contributed by atoms with Gasteiger partial charge in [0.1, 0.15) is 5.92 Å². The fourth-order valence-electron chi connectivity index (χ4n) is 4.22. The van der Waals surface area contributed by atoms with Crippen LogP contribution in [-0.4, -0.2) is 22.8 Å². The van der Waals surface area contributed by atoms with Gasteiger partial charge in [0.2, 0.25) is 5.91 Å². The minimum Gasteiger partial charge on any atom is -0.273 e. The van der Waals surface area contributed by atoms with Gasteiger partial charge < -0.3 is 0 Å². The van der Waals surface area contributed by atoms with Crippen LogP contribution < -0.4 is 9.96 Å². The normalized spacial score (nSPS) is 22.3. The average Bonchev–Trinajstić information content (AvgIpc) is 3.31. The van der Waals surface area contributed by atoms with E-state index in [4.69, 9.17) is 16.4 Å². The molecule has 0 saturated carbocycles. The minimum absolute atomic E-state index is 0.115. The van der Waals surface area contributed by atoms with Crippen LogP contribution in [0.1, 0.15) is 11.6 Å². The molecule has 2 heterocycles. The Kier molecular flexibility index (Phi) is 4.88. The summed E-state index contributed by atoms with van der Waals surface area (Å²) in [6.45, 7) is 0. The van der Waals surface area contributed by atoms with E-state index in [1.54, 1.807) is 30.3 Å². The molecule has 3 atom stereocenters. The number of non-ortho nitro benzene ring substituents is 1. The Morgan fingerprint density at radius 1 is 0.875 bits per heavy atom. The molecule has 8 nitrogen and oxygen atoms in total. The van der Waals surface area contributed by atoms with Crippen molar-refractivity contribution >= 4 is 40.5 Å². The molecule has 2 aliphatic heterocycles. The Labute approximate surface area is 187 Å². The molecule has 0 unspecified atom stereocenters.